The summed E-state index contributed by atoms with van der Waals surface area (Å²) in [6.45, 7) is 3.84. The maximum absolute atomic E-state index is 12.0. The Morgan fingerprint density at radius 3 is 2.35 bits per heavy atom. The van der Waals surface area contributed by atoms with Gasteiger partial charge in [0.2, 0.25) is 0 Å². The van der Waals surface area contributed by atoms with Gasteiger partial charge in [0.05, 0.1) is 7.11 Å². The predicted molar refractivity (Wildman–Crippen MR) is 75.6 cm³/mol. The number of ether oxygens (including phenoxy) is 1. The molecule has 4 N–H and O–H groups in total. The molecule has 0 saturated heterocycles. The van der Waals surface area contributed by atoms with E-state index in [1.165, 1.54) is 7.11 Å². The van der Waals surface area contributed by atoms with Crippen LogP contribution < -0.4 is 11.1 Å². The van der Waals surface area contributed by atoms with Crippen LogP contribution >= 0.6 is 0 Å². The summed E-state index contributed by atoms with van der Waals surface area (Å²) in [6.07, 6.45) is 0.407. The van der Waals surface area contributed by atoms with Crippen LogP contribution in [-0.4, -0.2) is 31.1 Å². The van der Waals surface area contributed by atoms with Gasteiger partial charge >= 0.3 is 5.97 Å². The molecule has 0 fully saturated rings. The van der Waals surface area contributed by atoms with Crippen LogP contribution in [0.25, 0.3) is 0 Å². The summed E-state index contributed by atoms with van der Waals surface area (Å²) < 4.78 is 4.75. The fourth-order valence-electron chi connectivity index (χ4n) is 1.77. The van der Waals surface area contributed by atoms with E-state index in [1.54, 1.807) is 0 Å². The standard InChI is InChI=1S/C15H22N2O3/c1-10(2)13(16)14(18)17-12(15(19)20-3)9-11-7-5-4-6-8-11/h4-8,10,12-13H,9,16H2,1-3H3,(H,17,18)/p+1/t12-,13-/m0/s1. The second-order valence-electron chi connectivity index (χ2n) is 5.12. The molecule has 2 atom stereocenters. The number of carbonyl (C=O) groups is 2. The number of carbonyl (C=O) groups excluding carboxylic acids is 2. The van der Waals surface area contributed by atoms with Gasteiger partial charge in [-0.2, -0.15) is 0 Å². The Hall–Kier alpha value is -1.88. The third-order valence-corrected chi connectivity index (χ3v) is 3.23. The van der Waals surface area contributed by atoms with E-state index in [9.17, 15) is 9.59 Å². The summed E-state index contributed by atoms with van der Waals surface area (Å²) in [7, 11) is 1.32. The van der Waals surface area contributed by atoms with Crippen molar-refractivity contribution in [1.29, 1.82) is 0 Å². The van der Waals surface area contributed by atoms with Crippen LogP contribution in [0, 0.1) is 5.92 Å². The number of nitrogens with one attached hydrogen (secondary N) is 1. The van der Waals surface area contributed by atoms with Crippen LogP contribution in [0.1, 0.15) is 19.4 Å². The summed E-state index contributed by atoms with van der Waals surface area (Å²) in [5.41, 5.74) is 4.78. The molecule has 0 unspecified atom stereocenters. The van der Waals surface area contributed by atoms with Gasteiger partial charge in [0.15, 0.2) is 6.04 Å². The van der Waals surface area contributed by atoms with Gasteiger partial charge in [-0.3, -0.25) is 4.79 Å². The van der Waals surface area contributed by atoms with Gasteiger partial charge < -0.3 is 15.8 Å². The van der Waals surface area contributed by atoms with E-state index in [1.807, 2.05) is 44.2 Å². The van der Waals surface area contributed by atoms with Crippen molar-refractivity contribution < 1.29 is 20.1 Å². The van der Waals surface area contributed by atoms with Crippen molar-refractivity contribution in [1.82, 2.24) is 5.32 Å². The Morgan fingerprint density at radius 1 is 1.25 bits per heavy atom. The van der Waals surface area contributed by atoms with E-state index in [0.29, 0.717) is 6.42 Å². The van der Waals surface area contributed by atoms with Gasteiger partial charge in [-0.1, -0.05) is 44.2 Å². The zero-order valence-electron chi connectivity index (χ0n) is 12.3. The largest absolute Gasteiger partial charge is 0.467 e. The van der Waals surface area contributed by atoms with Crippen molar-refractivity contribution >= 4 is 11.9 Å². The number of rotatable bonds is 6. The number of esters is 1. The Morgan fingerprint density at radius 2 is 1.85 bits per heavy atom. The zero-order valence-corrected chi connectivity index (χ0v) is 12.3. The molecule has 0 heterocycles. The third kappa shape index (κ3) is 4.66. The Balaban J connectivity index is 2.75. The molecule has 1 aromatic rings. The summed E-state index contributed by atoms with van der Waals surface area (Å²) in [5.74, 6) is -0.561. The molecule has 1 aromatic carbocycles. The summed E-state index contributed by atoms with van der Waals surface area (Å²) >= 11 is 0. The Labute approximate surface area is 119 Å². The second-order valence-corrected chi connectivity index (χ2v) is 5.12. The lowest BCUT2D eigenvalue weighted by molar-refractivity contribution is -0.414. The van der Waals surface area contributed by atoms with E-state index >= 15 is 0 Å². The molecule has 0 aliphatic carbocycles. The number of benzene rings is 1. The lowest BCUT2D eigenvalue weighted by Crippen LogP contribution is -2.70. The molecule has 20 heavy (non-hydrogen) atoms. The average Bonchev–Trinajstić information content (AvgIpc) is 2.45. The Kier molecular flexibility index (Phi) is 6.18. The lowest BCUT2D eigenvalue weighted by atomic mass is 10.0. The molecule has 1 amide bonds. The normalized spacial score (nSPS) is 13.7. The number of hydrogen-bond donors (Lipinski definition) is 2. The molecule has 0 aliphatic heterocycles. The quantitative estimate of drug-likeness (QED) is 0.727. The highest BCUT2D eigenvalue weighted by Gasteiger charge is 2.27. The van der Waals surface area contributed by atoms with Crippen molar-refractivity contribution in [3.8, 4) is 0 Å². The number of hydrogen-bond acceptors (Lipinski definition) is 3. The molecule has 0 radical (unpaired) electrons. The van der Waals surface area contributed by atoms with Crippen molar-refractivity contribution in [2.24, 2.45) is 5.92 Å². The number of methoxy groups -OCH3 is 1. The van der Waals surface area contributed by atoms with Crippen molar-refractivity contribution in [2.45, 2.75) is 32.4 Å². The van der Waals surface area contributed by atoms with Crippen LogP contribution in [0.4, 0.5) is 0 Å². The lowest BCUT2D eigenvalue weighted by Gasteiger charge is -2.19. The molecule has 5 heteroatoms. The van der Waals surface area contributed by atoms with Gasteiger partial charge in [0, 0.05) is 12.3 Å². The monoisotopic (exact) mass is 279 g/mol. The van der Waals surface area contributed by atoms with Crippen molar-refractivity contribution in [3.05, 3.63) is 35.9 Å². The van der Waals surface area contributed by atoms with E-state index < -0.39 is 18.1 Å². The zero-order chi connectivity index (χ0) is 15.1. The van der Waals surface area contributed by atoms with E-state index in [-0.39, 0.29) is 11.8 Å². The van der Waals surface area contributed by atoms with Gasteiger partial charge in [-0.15, -0.1) is 0 Å². The molecule has 0 aliphatic rings. The van der Waals surface area contributed by atoms with E-state index in [4.69, 9.17) is 4.74 Å². The first-order valence-electron chi connectivity index (χ1n) is 6.71. The first-order valence-corrected chi connectivity index (χ1v) is 6.71. The second kappa shape index (κ2) is 7.65. The van der Waals surface area contributed by atoms with Crippen LogP contribution in [0.15, 0.2) is 30.3 Å². The minimum atomic E-state index is -0.683. The van der Waals surface area contributed by atoms with Crippen LogP contribution in [0.5, 0.6) is 0 Å². The third-order valence-electron chi connectivity index (χ3n) is 3.23. The predicted octanol–water partition coefficient (Wildman–Crippen LogP) is 0.153. The molecule has 0 spiro atoms. The fraction of sp³-hybridized carbons (Fsp3) is 0.467. The van der Waals surface area contributed by atoms with Gasteiger partial charge in [0.1, 0.15) is 6.04 Å². The first kappa shape index (κ1) is 16.2. The average molecular weight is 279 g/mol. The summed E-state index contributed by atoms with van der Waals surface area (Å²) in [6, 6.07) is 8.43. The SMILES string of the molecule is COC(=O)[C@H](Cc1ccccc1)NC(=O)[C@@H]([NH3+])C(C)C. The topological polar surface area (TPSA) is 83.0 Å². The molecule has 5 nitrogen and oxygen atoms in total. The highest BCUT2D eigenvalue weighted by Crippen LogP contribution is 2.05. The van der Waals surface area contributed by atoms with Gasteiger partial charge in [-0.05, 0) is 5.56 Å². The Bertz CT molecular complexity index is 446. The molecule has 1 rings (SSSR count). The van der Waals surface area contributed by atoms with Crippen LogP contribution in [0.2, 0.25) is 0 Å². The number of amides is 1. The van der Waals surface area contributed by atoms with Gasteiger partial charge in [-0.25, -0.2) is 4.79 Å². The maximum Gasteiger partial charge on any atom is 0.328 e. The van der Waals surface area contributed by atoms with E-state index in [0.717, 1.165) is 5.56 Å². The van der Waals surface area contributed by atoms with Crippen LogP contribution in [0.3, 0.4) is 0 Å². The molecule has 0 saturated carbocycles. The fourth-order valence-corrected chi connectivity index (χ4v) is 1.77. The highest BCUT2D eigenvalue weighted by molar-refractivity contribution is 5.86. The highest BCUT2D eigenvalue weighted by atomic mass is 16.5. The summed E-state index contributed by atoms with van der Waals surface area (Å²) in [4.78, 5) is 23.8. The molecule has 0 aromatic heterocycles. The minimum absolute atomic E-state index is 0.116. The molecular weight excluding hydrogens is 256 g/mol. The molecule has 110 valence electrons. The first-order chi connectivity index (χ1) is 9.45. The number of quaternary nitrogens is 1. The smallest absolute Gasteiger partial charge is 0.328 e. The summed E-state index contributed by atoms with van der Waals surface area (Å²) in [5, 5.41) is 2.72. The van der Waals surface area contributed by atoms with Crippen LogP contribution in [-0.2, 0) is 20.7 Å². The maximum atomic E-state index is 12.0. The minimum Gasteiger partial charge on any atom is -0.467 e. The van der Waals surface area contributed by atoms with Crippen molar-refractivity contribution in [3.63, 3.8) is 0 Å². The van der Waals surface area contributed by atoms with Gasteiger partial charge in [0.25, 0.3) is 5.91 Å². The molecular formula is C15H23N2O3+. The molecule has 0 bridgehead atoms. The van der Waals surface area contributed by atoms with Crippen molar-refractivity contribution in [2.75, 3.05) is 7.11 Å². The van der Waals surface area contributed by atoms with E-state index in [2.05, 4.69) is 11.1 Å².